The van der Waals surface area contributed by atoms with E-state index in [0.717, 1.165) is 12.2 Å². The fourth-order valence-corrected chi connectivity index (χ4v) is 3.70. The van der Waals surface area contributed by atoms with Crippen LogP contribution in [0.25, 0.3) is 0 Å². The van der Waals surface area contributed by atoms with Crippen LogP contribution in [0, 0.1) is 0 Å². The van der Waals surface area contributed by atoms with E-state index in [0.29, 0.717) is 0 Å². The summed E-state index contributed by atoms with van der Waals surface area (Å²) >= 11 is 0. The summed E-state index contributed by atoms with van der Waals surface area (Å²) < 4.78 is 23.1. The first-order chi connectivity index (χ1) is 9.41. The van der Waals surface area contributed by atoms with Gasteiger partial charge in [0.25, 0.3) is 0 Å². The second-order valence-corrected chi connectivity index (χ2v) is 9.08. The predicted molar refractivity (Wildman–Crippen MR) is 83.5 cm³/mol. The quantitative estimate of drug-likeness (QED) is 0.640. The maximum Gasteiger partial charge on any atom is 0.243 e. The molecule has 0 radical (unpaired) electrons. The minimum absolute atomic E-state index is 0.0426. The number of amides is 2. The zero-order chi connectivity index (χ0) is 16.9. The number of nitrogens with one attached hydrogen (secondary N) is 2. The Kier molecular flexibility index (Phi) is 6.35. The van der Waals surface area contributed by atoms with Crippen molar-refractivity contribution in [1.29, 1.82) is 0 Å². The van der Waals surface area contributed by atoms with Crippen LogP contribution in [0.1, 0.15) is 27.7 Å². The van der Waals surface area contributed by atoms with Crippen molar-refractivity contribution in [2.24, 2.45) is 0 Å². The zero-order valence-electron chi connectivity index (χ0n) is 13.0. The SMILES string of the molecule is C=CC(=O)NCC(C)(C)S(=O)(=O)C(C)(C)CNC(=O)C=C. The van der Waals surface area contributed by atoms with E-state index < -0.39 is 31.1 Å². The molecule has 0 aromatic rings. The molecule has 0 saturated heterocycles. The van der Waals surface area contributed by atoms with Crippen LogP contribution in [0.5, 0.6) is 0 Å². The van der Waals surface area contributed by atoms with E-state index in [1.165, 1.54) is 27.7 Å². The minimum Gasteiger partial charge on any atom is -0.351 e. The third kappa shape index (κ3) is 4.70. The Morgan fingerprint density at radius 1 is 0.905 bits per heavy atom. The lowest BCUT2D eigenvalue weighted by Gasteiger charge is -2.35. The van der Waals surface area contributed by atoms with Crippen molar-refractivity contribution in [1.82, 2.24) is 10.6 Å². The van der Waals surface area contributed by atoms with Crippen molar-refractivity contribution in [2.75, 3.05) is 13.1 Å². The Hall–Kier alpha value is -1.63. The molecule has 0 atom stereocenters. The van der Waals surface area contributed by atoms with Gasteiger partial charge in [0.2, 0.25) is 11.8 Å². The summed E-state index contributed by atoms with van der Waals surface area (Å²) in [5.41, 5.74) is 0. The van der Waals surface area contributed by atoms with Crippen LogP contribution in [-0.4, -0.2) is 42.8 Å². The highest BCUT2D eigenvalue weighted by atomic mass is 32.2. The van der Waals surface area contributed by atoms with E-state index in [2.05, 4.69) is 23.8 Å². The summed E-state index contributed by atoms with van der Waals surface area (Å²) in [5, 5.41) is 4.97. The van der Waals surface area contributed by atoms with Gasteiger partial charge in [-0.05, 0) is 39.8 Å². The molecule has 0 unspecified atom stereocenters. The highest BCUT2D eigenvalue weighted by Gasteiger charge is 2.46. The van der Waals surface area contributed by atoms with Crippen molar-refractivity contribution in [3.05, 3.63) is 25.3 Å². The van der Waals surface area contributed by atoms with Crippen LogP contribution in [0.3, 0.4) is 0 Å². The molecule has 0 heterocycles. The maximum atomic E-state index is 12.7. The molecule has 21 heavy (non-hydrogen) atoms. The van der Waals surface area contributed by atoms with Crippen molar-refractivity contribution >= 4 is 21.7 Å². The Morgan fingerprint density at radius 3 is 1.43 bits per heavy atom. The zero-order valence-corrected chi connectivity index (χ0v) is 13.8. The van der Waals surface area contributed by atoms with Gasteiger partial charge in [-0.1, -0.05) is 13.2 Å². The Bertz CT molecular complexity index is 491. The average Bonchev–Trinajstić information content (AvgIpc) is 2.41. The monoisotopic (exact) mass is 316 g/mol. The molecule has 0 bridgehead atoms. The van der Waals surface area contributed by atoms with E-state index in [-0.39, 0.29) is 13.1 Å². The summed E-state index contributed by atoms with van der Waals surface area (Å²) in [6.07, 6.45) is 2.16. The predicted octanol–water partition coefficient (Wildman–Crippen LogP) is 0.563. The molecule has 7 heteroatoms. The molecule has 0 aliphatic heterocycles. The van der Waals surface area contributed by atoms with Gasteiger partial charge >= 0.3 is 0 Å². The fraction of sp³-hybridized carbons (Fsp3) is 0.571. The van der Waals surface area contributed by atoms with Gasteiger partial charge in [-0.3, -0.25) is 9.59 Å². The standard InChI is InChI=1S/C14H24N2O4S/c1-7-11(17)15-9-13(3,4)21(19,20)14(5,6)10-16-12(18)8-2/h7-8H,1-2,9-10H2,3-6H3,(H,15,17)(H,16,18). The van der Waals surface area contributed by atoms with Crippen molar-refractivity contribution in [2.45, 2.75) is 37.2 Å². The minimum atomic E-state index is -3.64. The third-order valence-corrected chi connectivity index (χ3v) is 6.40. The van der Waals surface area contributed by atoms with Gasteiger partial charge in [0.1, 0.15) is 0 Å². The largest absolute Gasteiger partial charge is 0.351 e. The van der Waals surface area contributed by atoms with Crippen LogP contribution >= 0.6 is 0 Å². The summed E-state index contributed by atoms with van der Waals surface area (Å²) in [4.78, 5) is 22.4. The van der Waals surface area contributed by atoms with Crippen LogP contribution in [0.4, 0.5) is 0 Å². The lowest BCUT2D eigenvalue weighted by atomic mass is 10.2. The van der Waals surface area contributed by atoms with Crippen molar-refractivity contribution in [3.8, 4) is 0 Å². The molecular formula is C14H24N2O4S. The van der Waals surface area contributed by atoms with Crippen LogP contribution in [-0.2, 0) is 19.4 Å². The number of carbonyl (C=O) groups excluding carboxylic acids is 2. The van der Waals surface area contributed by atoms with Gasteiger partial charge in [0.05, 0.1) is 9.49 Å². The summed E-state index contributed by atoms with van der Waals surface area (Å²) in [7, 11) is -3.64. The normalized spacial score (nSPS) is 12.4. The molecule has 0 aromatic heterocycles. The topological polar surface area (TPSA) is 92.3 Å². The number of rotatable bonds is 8. The van der Waals surface area contributed by atoms with Gasteiger partial charge in [-0.15, -0.1) is 0 Å². The summed E-state index contributed by atoms with van der Waals surface area (Å²) in [5.74, 6) is -0.868. The van der Waals surface area contributed by atoms with Crippen molar-refractivity contribution in [3.63, 3.8) is 0 Å². The molecule has 0 aliphatic carbocycles. The third-order valence-electron chi connectivity index (χ3n) is 3.20. The van der Waals surface area contributed by atoms with Gasteiger partial charge in [0, 0.05) is 13.1 Å². The van der Waals surface area contributed by atoms with Crippen LogP contribution < -0.4 is 10.6 Å². The van der Waals surface area contributed by atoms with E-state index in [4.69, 9.17) is 0 Å². The first-order valence-electron chi connectivity index (χ1n) is 6.46. The molecule has 0 aliphatic rings. The van der Waals surface area contributed by atoms with Gasteiger partial charge in [-0.2, -0.15) is 0 Å². The molecule has 0 aromatic carbocycles. The fourth-order valence-electron chi connectivity index (χ4n) is 1.68. The number of hydrogen-bond acceptors (Lipinski definition) is 4. The number of carbonyl (C=O) groups is 2. The molecule has 2 N–H and O–H groups in total. The summed E-state index contributed by atoms with van der Waals surface area (Å²) in [6.45, 7) is 12.7. The van der Waals surface area contributed by atoms with E-state index in [9.17, 15) is 18.0 Å². The lowest BCUT2D eigenvalue weighted by molar-refractivity contribution is -0.117. The smallest absolute Gasteiger partial charge is 0.243 e. The molecule has 0 rings (SSSR count). The molecule has 6 nitrogen and oxygen atoms in total. The number of hydrogen-bond donors (Lipinski definition) is 2. The molecule has 0 saturated carbocycles. The Labute approximate surface area is 126 Å². The Morgan fingerprint density at radius 2 is 1.19 bits per heavy atom. The summed E-state index contributed by atoms with van der Waals surface area (Å²) in [6, 6.07) is 0. The molecule has 2 amide bonds. The van der Waals surface area contributed by atoms with E-state index >= 15 is 0 Å². The maximum absolute atomic E-state index is 12.7. The van der Waals surface area contributed by atoms with Gasteiger partial charge in [0.15, 0.2) is 9.84 Å². The Balaban J connectivity index is 5.13. The second-order valence-electron chi connectivity index (χ2n) is 5.87. The highest BCUT2D eigenvalue weighted by Crippen LogP contribution is 2.28. The van der Waals surface area contributed by atoms with Crippen LogP contribution in [0.15, 0.2) is 25.3 Å². The van der Waals surface area contributed by atoms with Gasteiger partial charge in [-0.25, -0.2) is 8.42 Å². The first kappa shape index (κ1) is 19.4. The first-order valence-corrected chi connectivity index (χ1v) is 7.94. The van der Waals surface area contributed by atoms with E-state index in [1.807, 2.05) is 0 Å². The molecule has 0 spiro atoms. The second kappa shape index (κ2) is 6.89. The highest BCUT2D eigenvalue weighted by molar-refractivity contribution is 7.94. The lowest BCUT2D eigenvalue weighted by Crippen LogP contribution is -2.55. The number of sulfone groups is 1. The average molecular weight is 316 g/mol. The molecular weight excluding hydrogens is 292 g/mol. The van der Waals surface area contributed by atoms with Crippen LogP contribution in [0.2, 0.25) is 0 Å². The van der Waals surface area contributed by atoms with E-state index in [1.54, 1.807) is 0 Å². The molecule has 0 fully saturated rings. The van der Waals surface area contributed by atoms with Gasteiger partial charge < -0.3 is 10.6 Å². The van der Waals surface area contributed by atoms with Crippen molar-refractivity contribution < 1.29 is 18.0 Å². The molecule has 120 valence electrons.